The minimum Gasteiger partial charge on any atom is -0.464 e. The molecule has 20 heavy (non-hydrogen) atoms. The zero-order chi connectivity index (χ0) is 14.6. The van der Waals surface area contributed by atoms with E-state index in [0.29, 0.717) is 13.1 Å². The molecule has 0 radical (unpaired) electrons. The van der Waals surface area contributed by atoms with Gasteiger partial charge in [-0.2, -0.15) is 0 Å². The summed E-state index contributed by atoms with van der Waals surface area (Å²) >= 11 is 0. The summed E-state index contributed by atoms with van der Waals surface area (Å²) in [7, 11) is 0. The van der Waals surface area contributed by atoms with E-state index in [4.69, 9.17) is 0 Å². The van der Waals surface area contributed by atoms with Gasteiger partial charge in [-0.05, 0) is 31.9 Å². The van der Waals surface area contributed by atoms with Crippen LogP contribution in [0.4, 0.5) is 10.1 Å². The van der Waals surface area contributed by atoms with Crippen LogP contribution in [0.15, 0.2) is 30.3 Å². The fraction of sp³-hybridized carbons (Fsp3) is 0.533. The Morgan fingerprint density at radius 3 is 2.55 bits per heavy atom. The van der Waals surface area contributed by atoms with Crippen molar-refractivity contribution in [2.75, 3.05) is 24.6 Å². The Hall–Kier alpha value is -1.62. The van der Waals surface area contributed by atoms with Crippen LogP contribution in [-0.2, 0) is 9.53 Å². The van der Waals surface area contributed by atoms with Gasteiger partial charge in [0, 0.05) is 18.8 Å². The van der Waals surface area contributed by atoms with Gasteiger partial charge in [-0.1, -0.05) is 18.2 Å². The minimum absolute atomic E-state index is 0.117. The second-order valence-electron chi connectivity index (χ2n) is 5.04. The van der Waals surface area contributed by atoms with Crippen LogP contribution in [0.3, 0.4) is 0 Å². The molecule has 1 atom stereocenters. The molecule has 1 N–H and O–H groups in total. The zero-order valence-electron chi connectivity index (χ0n) is 11.6. The van der Waals surface area contributed by atoms with Crippen LogP contribution in [0.2, 0.25) is 0 Å². The van der Waals surface area contributed by atoms with Gasteiger partial charge in [0.05, 0.1) is 6.61 Å². The second-order valence-corrected chi connectivity index (χ2v) is 5.04. The van der Waals surface area contributed by atoms with Crippen LogP contribution < -0.4 is 4.90 Å². The highest BCUT2D eigenvalue weighted by atomic mass is 19.1. The lowest BCUT2D eigenvalue weighted by Crippen LogP contribution is -2.53. The molecule has 4 nitrogen and oxygen atoms in total. The summed E-state index contributed by atoms with van der Waals surface area (Å²) in [5, 5.41) is 10.3. The molecule has 110 valence electrons. The van der Waals surface area contributed by atoms with Crippen molar-refractivity contribution >= 4 is 11.7 Å². The van der Waals surface area contributed by atoms with Crippen LogP contribution in [0.1, 0.15) is 19.8 Å². The van der Waals surface area contributed by atoms with E-state index in [-0.39, 0.29) is 19.4 Å². The van der Waals surface area contributed by atoms with Crippen molar-refractivity contribution in [2.45, 2.75) is 31.5 Å². The third kappa shape index (κ3) is 3.10. The van der Waals surface area contributed by atoms with E-state index in [1.165, 1.54) is 0 Å². The van der Waals surface area contributed by atoms with Gasteiger partial charge in [0.15, 0.2) is 0 Å². The van der Waals surface area contributed by atoms with Gasteiger partial charge in [0.25, 0.3) is 0 Å². The van der Waals surface area contributed by atoms with Crippen molar-refractivity contribution < 1.29 is 19.0 Å². The van der Waals surface area contributed by atoms with Crippen molar-refractivity contribution in [1.29, 1.82) is 0 Å². The number of piperidine rings is 1. The maximum absolute atomic E-state index is 14.0. The SMILES string of the molecule is CCOC(=O)C(F)C1(O)CCN(c2ccccc2)CC1. The highest BCUT2D eigenvalue weighted by molar-refractivity contribution is 5.76. The van der Waals surface area contributed by atoms with Gasteiger partial charge in [-0.25, -0.2) is 9.18 Å². The van der Waals surface area contributed by atoms with Gasteiger partial charge in [0.1, 0.15) is 5.60 Å². The summed E-state index contributed by atoms with van der Waals surface area (Å²) in [5.41, 5.74) is -0.571. The first-order chi connectivity index (χ1) is 9.57. The van der Waals surface area contributed by atoms with Crippen LogP contribution in [0, 0.1) is 0 Å². The molecular weight excluding hydrogens is 261 g/mol. The molecule has 2 rings (SSSR count). The van der Waals surface area contributed by atoms with E-state index in [1.807, 2.05) is 30.3 Å². The zero-order valence-corrected chi connectivity index (χ0v) is 11.6. The highest BCUT2D eigenvalue weighted by Gasteiger charge is 2.45. The van der Waals surface area contributed by atoms with Crippen LogP contribution in [-0.4, -0.2) is 42.5 Å². The molecule has 0 spiro atoms. The van der Waals surface area contributed by atoms with E-state index in [2.05, 4.69) is 9.64 Å². The number of alkyl halides is 1. The summed E-state index contributed by atoms with van der Waals surface area (Å²) in [6.07, 6.45) is -1.55. The van der Waals surface area contributed by atoms with Crippen LogP contribution >= 0.6 is 0 Å². The molecule has 0 amide bonds. The molecule has 1 heterocycles. The molecule has 0 aliphatic carbocycles. The smallest absolute Gasteiger partial charge is 0.343 e. The lowest BCUT2D eigenvalue weighted by Gasteiger charge is -2.40. The van der Waals surface area contributed by atoms with Crippen molar-refractivity contribution in [1.82, 2.24) is 0 Å². The van der Waals surface area contributed by atoms with Gasteiger partial charge in [0.2, 0.25) is 6.17 Å². The first-order valence-electron chi connectivity index (χ1n) is 6.90. The number of carbonyl (C=O) groups excluding carboxylic acids is 1. The van der Waals surface area contributed by atoms with Crippen molar-refractivity contribution in [3.63, 3.8) is 0 Å². The largest absolute Gasteiger partial charge is 0.464 e. The quantitative estimate of drug-likeness (QED) is 0.857. The van der Waals surface area contributed by atoms with Gasteiger partial charge >= 0.3 is 5.97 Å². The summed E-state index contributed by atoms with van der Waals surface area (Å²) < 4.78 is 18.7. The number of rotatable bonds is 4. The first kappa shape index (κ1) is 14.8. The molecule has 1 aliphatic rings. The van der Waals surface area contributed by atoms with E-state index >= 15 is 0 Å². The number of halogens is 1. The van der Waals surface area contributed by atoms with Crippen LogP contribution in [0.25, 0.3) is 0 Å². The van der Waals surface area contributed by atoms with E-state index in [9.17, 15) is 14.3 Å². The maximum atomic E-state index is 14.0. The predicted octanol–water partition coefficient (Wildman–Crippen LogP) is 1.92. The topological polar surface area (TPSA) is 49.8 Å². The molecule has 5 heteroatoms. The van der Waals surface area contributed by atoms with E-state index in [1.54, 1.807) is 6.92 Å². The number of hydrogen-bond donors (Lipinski definition) is 1. The molecule has 0 aromatic heterocycles. The Labute approximate surface area is 118 Å². The summed E-state index contributed by atoms with van der Waals surface area (Å²) in [4.78, 5) is 13.5. The Balaban J connectivity index is 1.97. The standard InChI is InChI=1S/C15H20FNO3/c1-2-20-14(18)13(16)15(19)8-10-17(11-9-15)12-6-4-3-5-7-12/h3-7,13,19H,2,8-11H2,1H3. The fourth-order valence-corrected chi connectivity index (χ4v) is 2.48. The minimum atomic E-state index is -1.97. The molecule has 1 saturated heterocycles. The lowest BCUT2D eigenvalue weighted by atomic mass is 9.86. The number of benzene rings is 1. The Morgan fingerprint density at radius 2 is 2.00 bits per heavy atom. The Bertz CT molecular complexity index is 444. The molecule has 1 aromatic rings. The first-order valence-corrected chi connectivity index (χ1v) is 6.90. The third-order valence-corrected chi connectivity index (χ3v) is 3.72. The predicted molar refractivity (Wildman–Crippen MR) is 74.4 cm³/mol. The lowest BCUT2D eigenvalue weighted by molar-refractivity contribution is -0.162. The van der Waals surface area contributed by atoms with Crippen molar-refractivity contribution in [3.05, 3.63) is 30.3 Å². The molecular formula is C15H20FNO3. The number of nitrogens with zero attached hydrogens (tertiary/aromatic N) is 1. The number of hydrogen-bond acceptors (Lipinski definition) is 4. The van der Waals surface area contributed by atoms with E-state index < -0.39 is 17.7 Å². The Morgan fingerprint density at radius 1 is 1.40 bits per heavy atom. The van der Waals surface area contributed by atoms with Crippen LogP contribution in [0.5, 0.6) is 0 Å². The van der Waals surface area contributed by atoms with Crippen molar-refractivity contribution in [2.24, 2.45) is 0 Å². The number of para-hydroxylation sites is 1. The molecule has 0 bridgehead atoms. The normalized spacial score (nSPS) is 19.4. The average molecular weight is 281 g/mol. The number of anilines is 1. The third-order valence-electron chi connectivity index (χ3n) is 3.72. The molecule has 1 unspecified atom stereocenters. The second kappa shape index (κ2) is 6.22. The molecule has 1 fully saturated rings. The number of aliphatic hydroxyl groups is 1. The summed E-state index contributed by atoms with van der Waals surface area (Å²) in [5.74, 6) is -0.969. The molecule has 1 aromatic carbocycles. The van der Waals surface area contributed by atoms with Gasteiger partial charge in [-0.15, -0.1) is 0 Å². The number of esters is 1. The molecule has 1 aliphatic heterocycles. The monoisotopic (exact) mass is 281 g/mol. The number of carbonyl (C=O) groups is 1. The molecule has 0 saturated carbocycles. The number of ether oxygens (including phenoxy) is 1. The fourth-order valence-electron chi connectivity index (χ4n) is 2.48. The highest BCUT2D eigenvalue weighted by Crippen LogP contribution is 2.30. The summed E-state index contributed by atoms with van der Waals surface area (Å²) in [6.45, 7) is 2.76. The average Bonchev–Trinajstić information content (AvgIpc) is 2.48. The van der Waals surface area contributed by atoms with Gasteiger partial charge < -0.3 is 14.7 Å². The maximum Gasteiger partial charge on any atom is 0.343 e. The van der Waals surface area contributed by atoms with Crippen molar-refractivity contribution in [3.8, 4) is 0 Å². The van der Waals surface area contributed by atoms with E-state index in [0.717, 1.165) is 5.69 Å². The Kier molecular flexibility index (Phi) is 4.60. The van der Waals surface area contributed by atoms with Gasteiger partial charge in [-0.3, -0.25) is 0 Å². The summed E-state index contributed by atoms with van der Waals surface area (Å²) in [6, 6.07) is 9.76.